The van der Waals surface area contributed by atoms with Crippen LogP contribution in [0.25, 0.3) is 11.0 Å². The van der Waals surface area contributed by atoms with Gasteiger partial charge in [0.05, 0.1) is 24.1 Å². The standard InChI is InChI=1S/C21H23N3O3/c1-15-5-4-6-16(11-15)27-17-12-23(13-17)21(26)9-10-24-19-8-3-2-7-18(19)22-20(24)14-25/h2-8,11,17,25H,9-10,12-14H2,1H3. The number of benzene rings is 2. The van der Waals surface area contributed by atoms with Gasteiger partial charge in [-0.05, 0) is 36.8 Å². The van der Waals surface area contributed by atoms with E-state index < -0.39 is 0 Å². The van der Waals surface area contributed by atoms with Crippen LogP contribution >= 0.6 is 0 Å². The van der Waals surface area contributed by atoms with E-state index in [1.807, 2.05) is 64.9 Å². The molecule has 0 radical (unpaired) electrons. The molecule has 0 saturated carbocycles. The van der Waals surface area contributed by atoms with Crippen molar-refractivity contribution < 1.29 is 14.6 Å². The summed E-state index contributed by atoms with van der Waals surface area (Å²) >= 11 is 0. The van der Waals surface area contributed by atoms with Crippen LogP contribution in [0.4, 0.5) is 0 Å². The van der Waals surface area contributed by atoms with E-state index in [0.29, 0.717) is 31.9 Å². The summed E-state index contributed by atoms with van der Waals surface area (Å²) in [5, 5.41) is 9.55. The number of aryl methyl sites for hydroxylation is 2. The number of carbonyl (C=O) groups excluding carboxylic acids is 1. The molecule has 3 aromatic rings. The minimum absolute atomic E-state index is 0.0535. The Bertz CT molecular complexity index is 960. The molecule has 1 aliphatic rings. The highest BCUT2D eigenvalue weighted by Crippen LogP contribution is 2.21. The molecule has 6 nitrogen and oxygen atoms in total. The second kappa shape index (κ2) is 7.40. The third kappa shape index (κ3) is 3.66. The predicted octanol–water partition coefficient (Wildman–Crippen LogP) is 2.52. The van der Waals surface area contributed by atoms with Crippen LogP contribution in [-0.2, 0) is 17.9 Å². The quantitative estimate of drug-likeness (QED) is 0.729. The summed E-state index contributed by atoms with van der Waals surface area (Å²) in [6, 6.07) is 15.7. The molecule has 6 heteroatoms. The number of hydrogen-bond donors (Lipinski definition) is 1. The molecule has 4 rings (SSSR count). The van der Waals surface area contributed by atoms with Gasteiger partial charge in [-0.25, -0.2) is 4.98 Å². The molecular weight excluding hydrogens is 342 g/mol. The Kier molecular flexibility index (Phi) is 4.81. The van der Waals surface area contributed by atoms with E-state index in [1.165, 1.54) is 0 Å². The van der Waals surface area contributed by atoms with Crippen molar-refractivity contribution in [3.05, 3.63) is 59.9 Å². The highest BCUT2D eigenvalue weighted by atomic mass is 16.5. The molecule has 0 bridgehead atoms. The fourth-order valence-corrected chi connectivity index (χ4v) is 3.46. The highest BCUT2D eigenvalue weighted by Gasteiger charge is 2.32. The molecule has 1 amide bonds. The topological polar surface area (TPSA) is 67.6 Å². The molecule has 2 heterocycles. The number of rotatable bonds is 6. The zero-order chi connectivity index (χ0) is 18.8. The van der Waals surface area contributed by atoms with Gasteiger partial charge in [0.1, 0.15) is 24.3 Å². The highest BCUT2D eigenvalue weighted by molar-refractivity contribution is 5.78. The smallest absolute Gasteiger partial charge is 0.224 e. The summed E-state index contributed by atoms with van der Waals surface area (Å²) in [5.74, 6) is 1.54. The number of carbonyl (C=O) groups is 1. The van der Waals surface area contributed by atoms with Crippen LogP contribution in [0.1, 0.15) is 17.8 Å². The van der Waals surface area contributed by atoms with Crippen molar-refractivity contribution in [3.8, 4) is 5.75 Å². The van der Waals surface area contributed by atoms with Crippen molar-refractivity contribution >= 4 is 16.9 Å². The first-order chi connectivity index (χ1) is 13.1. The number of nitrogens with zero attached hydrogens (tertiary/aromatic N) is 3. The molecule has 2 aromatic carbocycles. The van der Waals surface area contributed by atoms with Gasteiger partial charge >= 0.3 is 0 Å². The summed E-state index contributed by atoms with van der Waals surface area (Å²) in [5.41, 5.74) is 2.94. The van der Waals surface area contributed by atoms with Gasteiger partial charge in [-0.3, -0.25) is 4.79 Å². The first kappa shape index (κ1) is 17.5. The maximum atomic E-state index is 12.5. The lowest BCUT2D eigenvalue weighted by molar-refractivity contribution is -0.140. The average Bonchev–Trinajstić information content (AvgIpc) is 3.00. The van der Waals surface area contributed by atoms with Gasteiger partial charge in [-0.1, -0.05) is 24.3 Å². The fraction of sp³-hybridized carbons (Fsp3) is 0.333. The molecule has 1 fully saturated rings. The van der Waals surface area contributed by atoms with Crippen LogP contribution in [0.2, 0.25) is 0 Å². The number of aliphatic hydroxyl groups is 1. The number of imidazole rings is 1. The van der Waals surface area contributed by atoms with Crippen molar-refractivity contribution in [1.82, 2.24) is 14.5 Å². The molecule has 0 unspecified atom stereocenters. The molecule has 0 atom stereocenters. The number of hydrogen-bond acceptors (Lipinski definition) is 4. The van der Waals surface area contributed by atoms with Gasteiger partial charge in [-0.15, -0.1) is 0 Å². The lowest BCUT2D eigenvalue weighted by Crippen LogP contribution is -2.56. The lowest BCUT2D eigenvalue weighted by atomic mass is 10.1. The minimum atomic E-state index is -0.140. The van der Waals surface area contributed by atoms with Gasteiger partial charge in [0, 0.05) is 13.0 Å². The van der Waals surface area contributed by atoms with E-state index >= 15 is 0 Å². The van der Waals surface area contributed by atoms with E-state index in [-0.39, 0.29) is 18.6 Å². The summed E-state index contributed by atoms with van der Waals surface area (Å²) in [6.45, 7) is 3.63. The summed E-state index contributed by atoms with van der Waals surface area (Å²) in [7, 11) is 0. The minimum Gasteiger partial charge on any atom is -0.487 e. The van der Waals surface area contributed by atoms with Crippen molar-refractivity contribution in [3.63, 3.8) is 0 Å². The molecule has 0 aliphatic carbocycles. The van der Waals surface area contributed by atoms with E-state index in [9.17, 15) is 9.90 Å². The fourth-order valence-electron chi connectivity index (χ4n) is 3.46. The Morgan fingerprint density at radius 1 is 1.22 bits per heavy atom. The van der Waals surface area contributed by atoms with Gasteiger partial charge < -0.3 is 19.3 Å². The zero-order valence-electron chi connectivity index (χ0n) is 15.3. The second-order valence-electron chi connectivity index (χ2n) is 6.93. The van der Waals surface area contributed by atoms with Gasteiger partial charge in [0.25, 0.3) is 0 Å². The monoisotopic (exact) mass is 365 g/mol. The van der Waals surface area contributed by atoms with E-state index in [0.717, 1.165) is 22.3 Å². The van der Waals surface area contributed by atoms with Crippen LogP contribution < -0.4 is 4.74 Å². The molecule has 1 aromatic heterocycles. The van der Waals surface area contributed by atoms with Crippen LogP contribution in [0.3, 0.4) is 0 Å². The molecule has 140 valence electrons. The number of fused-ring (bicyclic) bond motifs is 1. The Labute approximate surface area is 158 Å². The maximum Gasteiger partial charge on any atom is 0.224 e. The number of para-hydroxylation sites is 2. The summed E-state index contributed by atoms with van der Waals surface area (Å²) < 4.78 is 7.84. The molecule has 0 spiro atoms. The van der Waals surface area contributed by atoms with Gasteiger partial charge in [-0.2, -0.15) is 0 Å². The number of aromatic nitrogens is 2. The van der Waals surface area contributed by atoms with Crippen LogP contribution in [0, 0.1) is 6.92 Å². The second-order valence-corrected chi connectivity index (χ2v) is 6.93. The number of aliphatic hydroxyl groups excluding tert-OH is 1. The van der Waals surface area contributed by atoms with Crippen molar-refractivity contribution in [2.24, 2.45) is 0 Å². The Hall–Kier alpha value is -2.86. The van der Waals surface area contributed by atoms with Crippen molar-refractivity contribution in [1.29, 1.82) is 0 Å². The van der Waals surface area contributed by atoms with Crippen molar-refractivity contribution in [2.45, 2.75) is 32.6 Å². The number of ether oxygens (including phenoxy) is 1. The Balaban J connectivity index is 1.32. The Morgan fingerprint density at radius 2 is 2.04 bits per heavy atom. The third-order valence-electron chi connectivity index (χ3n) is 4.92. The lowest BCUT2D eigenvalue weighted by Gasteiger charge is -2.39. The van der Waals surface area contributed by atoms with E-state index in [1.54, 1.807) is 0 Å². The summed E-state index contributed by atoms with van der Waals surface area (Å²) in [6.07, 6.45) is 0.433. The van der Waals surface area contributed by atoms with Crippen LogP contribution in [0.15, 0.2) is 48.5 Å². The van der Waals surface area contributed by atoms with Gasteiger partial charge in [0.15, 0.2) is 0 Å². The first-order valence-corrected chi connectivity index (χ1v) is 9.20. The van der Waals surface area contributed by atoms with E-state index in [2.05, 4.69) is 4.98 Å². The zero-order valence-corrected chi connectivity index (χ0v) is 15.3. The molecule has 27 heavy (non-hydrogen) atoms. The third-order valence-corrected chi connectivity index (χ3v) is 4.92. The van der Waals surface area contributed by atoms with E-state index in [4.69, 9.17) is 4.74 Å². The maximum absolute atomic E-state index is 12.5. The number of amides is 1. The largest absolute Gasteiger partial charge is 0.487 e. The SMILES string of the molecule is Cc1cccc(OC2CN(C(=O)CCn3c(CO)nc4ccccc43)C2)c1. The predicted molar refractivity (Wildman–Crippen MR) is 102 cm³/mol. The molecule has 1 aliphatic heterocycles. The van der Waals surface area contributed by atoms with Crippen LogP contribution in [0.5, 0.6) is 5.75 Å². The number of likely N-dealkylation sites (tertiary alicyclic amines) is 1. The normalized spacial score (nSPS) is 14.4. The molecule has 1 saturated heterocycles. The van der Waals surface area contributed by atoms with Crippen molar-refractivity contribution in [2.75, 3.05) is 13.1 Å². The summed E-state index contributed by atoms with van der Waals surface area (Å²) in [4.78, 5) is 18.7. The average molecular weight is 365 g/mol. The molecular formula is C21H23N3O3. The molecule has 1 N–H and O–H groups in total. The first-order valence-electron chi connectivity index (χ1n) is 9.20. The van der Waals surface area contributed by atoms with Crippen LogP contribution in [-0.4, -0.2) is 44.7 Å². The van der Waals surface area contributed by atoms with Gasteiger partial charge in [0.2, 0.25) is 5.91 Å². The Morgan fingerprint density at radius 3 is 2.81 bits per heavy atom.